The summed E-state index contributed by atoms with van der Waals surface area (Å²) in [6.07, 6.45) is 2.14. The van der Waals surface area contributed by atoms with Crippen molar-refractivity contribution in [2.24, 2.45) is 0 Å². The molecule has 5 nitrogen and oxygen atoms in total. The summed E-state index contributed by atoms with van der Waals surface area (Å²) in [5, 5.41) is 10.3. The van der Waals surface area contributed by atoms with Crippen LogP contribution in [0.2, 0.25) is 0 Å². The van der Waals surface area contributed by atoms with Crippen LogP contribution in [0.3, 0.4) is 0 Å². The topological polar surface area (TPSA) is 68.4 Å². The van der Waals surface area contributed by atoms with Crippen LogP contribution in [0.25, 0.3) is 0 Å². The summed E-state index contributed by atoms with van der Waals surface area (Å²) in [5.74, 6) is 1.74. The summed E-state index contributed by atoms with van der Waals surface area (Å²) in [4.78, 5) is 8.10. The molecule has 2 heterocycles. The minimum Gasteiger partial charge on any atom is -0.480 e. The lowest BCUT2D eigenvalue weighted by molar-refractivity contribution is 0.205. The highest BCUT2D eigenvalue weighted by Gasteiger charge is 2.21. The highest BCUT2D eigenvalue weighted by Crippen LogP contribution is 2.29. The van der Waals surface area contributed by atoms with Crippen molar-refractivity contribution in [1.29, 1.82) is 0 Å². The highest BCUT2D eigenvalue weighted by molar-refractivity contribution is 5.33. The second kappa shape index (κ2) is 4.55. The molecule has 0 saturated carbocycles. The maximum absolute atomic E-state index is 10.3. The molecule has 0 spiro atoms. The molecule has 0 radical (unpaired) electrons. The molecule has 2 rings (SSSR count). The summed E-state index contributed by atoms with van der Waals surface area (Å²) in [5.41, 5.74) is 1.07. The molecule has 1 atom stereocenters. The van der Waals surface area contributed by atoms with Gasteiger partial charge >= 0.3 is 0 Å². The number of aryl methyl sites for hydroxylation is 2. The number of aliphatic hydroxyl groups excluding tert-OH is 1. The van der Waals surface area contributed by atoms with Gasteiger partial charge in [-0.25, -0.2) is 4.98 Å². The van der Waals surface area contributed by atoms with E-state index in [1.807, 2.05) is 6.92 Å². The first-order valence-corrected chi connectivity index (χ1v) is 5.23. The van der Waals surface area contributed by atoms with Gasteiger partial charge < -0.3 is 14.3 Å². The molecule has 0 amide bonds. The first kappa shape index (κ1) is 11.6. The molecule has 0 aromatic carbocycles. The maximum atomic E-state index is 10.3. The lowest BCUT2D eigenvalue weighted by Crippen LogP contribution is -2.06. The fraction of sp³-hybridized carbons (Fsp3) is 0.333. The predicted octanol–water partition coefficient (Wildman–Crippen LogP) is 1.78. The Kier molecular flexibility index (Phi) is 3.10. The minimum absolute atomic E-state index is 0.318. The zero-order chi connectivity index (χ0) is 12.4. The second-order valence-corrected chi connectivity index (χ2v) is 3.72. The zero-order valence-electron chi connectivity index (χ0n) is 9.97. The molecular weight excluding hydrogens is 220 g/mol. The number of aromatic nitrogens is 2. The summed E-state index contributed by atoms with van der Waals surface area (Å²) in [6.45, 7) is 3.63. The van der Waals surface area contributed by atoms with Crippen LogP contribution in [-0.2, 0) is 0 Å². The van der Waals surface area contributed by atoms with Gasteiger partial charge in [0.1, 0.15) is 23.3 Å². The first-order chi connectivity index (χ1) is 8.13. The van der Waals surface area contributed by atoms with E-state index in [1.54, 1.807) is 13.0 Å². The van der Waals surface area contributed by atoms with Crippen molar-refractivity contribution in [3.63, 3.8) is 0 Å². The largest absolute Gasteiger partial charge is 0.480 e. The Balaban J connectivity index is 2.43. The van der Waals surface area contributed by atoms with Gasteiger partial charge in [-0.2, -0.15) is 0 Å². The van der Waals surface area contributed by atoms with E-state index < -0.39 is 6.10 Å². The Morgan fingerprint density at radius 3 is 2.59 bits per heavy atom. The Morgan fingerprint density at radius 1 is 1.29 bits per heavy atom. The number of aliphatic hydroxyl groups is 1. The van der Waals surface area contributed by atoms with Crippen molar-refractivity contribution in [1.82, 2.24) is 9.97 Å². The molecule has 5 heteroatoms. The third-order valence-corrected chi connectivity index (χ3v) is 2.52. The van der Waals surface area contributed by atoms with E-state index in [-0.39, 0.29) is 0 Å². The summed E-state index contributed by atoms with van der Waals surface area (Å²) >= 11 is 0. The number of methoxy groups -OCH3 is 1. The van der Waals surface area contributed by atoms with Gasteiger partial charge in [0.2, 0.25) is 5.88 Å². The summed E-state index contributed by atoms with van der Waals surface area (Å²) < 4.78 is 10.5. The number of hydrogen-bond acceptors (Lipinski definition) is 5. The normalized spacial score (nSPS) is 12.5. The monoisotopic (exact) mass is 234 g/mol. The molecule has 2 aromatic heterocycles. The molecule has 17 heavy (non-hydrogen) atoms. The number of rotatable bonds is 3. The summed E-state index contributed by atoms with van der Waals surface area (Å²) in [7, 11) is 1.49. The van der Waals surface area contributed by atoms with E-state index in [0.29, 0.717) is 22.9 Å². The van der Waals surface area contributed by atoms with Crippen LogP contribution in [0.1, 0.15) is 28.9 Å². The maximum Gasteiger partial charge on any atom is 0.238 e. The van der Waals surface area contributed by atoms with Gasteiger partial charge in [-0.15, -0.1) is 0 Å². The van der Waals surface area contributed by atoms with Crippen molar-refractivity contribution >= 4 is 0 Å². The van der Waals surface area contributed by atoms with Crippen LogP contribution < -0.4 is 4.74 Å². The van der Waals surface area contributed by atoms with E-state index >= 15 is 0 Å². The van der Waals surface area contributed by atoms with Gasteiger partial charge in [-0.05, 0) is 19.9 Å². The molecule has 1 N–H and O–H groups in total. The van der Waals surface area contributed by atoms with Crippen LogP contribution in [0.5, 0.6) is 5.88 Å². The molecule has 0 bridgehead atoms. The molecule has 0 fully saturated rings. The molecule has 90 valence electrons. The standard InChI is InChI=1S/C12H14N2O3/c1-7-6-9(8(2)17-7)11(15)10-12(16-3)14-5-4-13-10/h4-6,11,15H,1-3H3. The Hall–Kier alpha value is -1.88. The number of hydrogen-bond donors (Lipinski definition) is 1. The Morgan fingerprint density at radius 2 is 2.00 bits per heavy atom. The number of nitrogens with zero attached hydrogens (tertiary/aromatic N) is 2. The smallest absolute Gasteiger partial charge is 0.238 e. The van der Waals surface area contributed by atoms with Gasteiger partial charge in [-0.3, -0.25) is 4.98 Å². The molecule has 2 aromatic rings. The molecule has 0 aliphatic heterocycles. The average molecular weight is 234 g/mol. The Labute approximate surface area is 99.1 Å². The van der Waals surface area contributed by atoms with Crippen molar-refractivity contribution in [3.05, 3.63) is 41.2 Å². The second-order valence-electron chi connectivity index (χ2n) is 3.72. The minimum atomic E-state index is -0.893. The third kappa shape index (κ3) is 2.14. The Bertz CT molecular complexity index is 522. The average Bonchev–Trinajstić information content (AvgIpc) is 2.67. The third-order valence-electron chi connectivity index (χ3n) is 2.52. The van der Waals surface area contributed by atoms with Crippen LogP contribution in [-0.4, -0.2) is 22.2 Å². The number of furan rings is 1. The van der Waals surface area contributed by atoms with Crippen LogP contribution in [0.15, 0.2) is 22.9 Å². The van der Waals surface area contributed by atoms with Crippen LogP contribution >= 0.6 is 0 Å². The van der Waals surface area contributed by atoms with E-state index in [1.165, 1.54) is 19.5 Å². The molecule has 0 aliphatic rings. The highest BCUT2D eigenvalue weighted by atomic mass is 16.5. The van der Waals surface area contributed by atoms with E-state index in [4.69, 9.17) is 9.15 Å². The van der Waals surface area contributed by atoms with E-state index in [9.17, 15) is 5.11 Å². The molecule has 0 saturated heterocycles. The van der Waals surface area contributed by atoms with Gasteiger partial charge in [0.25, 0.3) is 0 Å². The summed E-state index contributed by atoms with van der Waals surface area (Å²) in [6, 6.07) is 1.79. The van der Waals surface area contributed by atoms with E-state index in [0.717, 1.165) is 5.76 Å². The van der Waals surface area contributed by atoms with Crippen molar-refractivity contribution in [2.45, 2.75) is 20.0 Å². The van der Waals surface area contributed by atoms with Crippen molar-refractivity contribution < 1.29 is 14.3 Å². The lowest BCUT2D eigenvalue weighted by atomic mass is 10.1. The van der Waals surface area contributed by atoms with Crippen molar-refractivity contribution in [2.75, 3.05) is 7.11 Å². The van der Waals surface area contributed by atoms with Crippen LogP contribution in [0, 0.1) is 13.8 Å². The van der Waals surface area contributed by atoms with Gasteiger partial charge in [0.05, 0.1) is 7.11 Å². The van der Waals surface area contributed by atoms with Gasteiger partial charge in [0, 0.05) is 18.0 Å². The lowest BCUT2D eigenvalue weighted by Gasteiger charge is -2.11. The molecule has 1 unspecified atom stereocenters. The van der Waals surface area contributed by atoms with Gasteiger partial charge in [-0.1, -0.05) is 0 Å². The SMILES string of the molecule is COc1nccnc1C(O)c1cc(C)oc1C. The first-order valence-electron chi connectivity index (χ1n) is 5.23. The van der Waals surface area contributed by atoms with E-state index in [2.05, 4.69) is 9.97 Å². The van der Waals surface area contributed by atoms with Crippen LogP contribution in [0.4, 0.5) is 0 Å². The zero-order valence-corrected chi connectivity index (χ0v) is 9.97. The quantitative estimate of drug-likeness (QED) is 0.876. The van der Waals surface area contributed by atoms with Gasteiger partial charge in [0.15, 0.2) is 0 Å². The number of ether oxygens (including phenoxy) is 1. The molecular formula is C12H14N2O3. The fourth-order valence-corrected chi connectivity index (χ4v) is 1.75. The van der Waals surface area contributed by atoms with Crippen molar-refractivity contribution in [3.8, 4) is 5.88 Å². The predicted molar refractivity (Wildman–Crippen MR) is 60.8 cm³/mol. The fourth-order valence-electron chi connectivity index (χ4n) is 1.75. The molecule has 0 aliphatic carbocycles.